The summed E-state index contributed by atoms with van der Waals surface area (Å²) >= 11 is 6.35. The number of halogens is 1. The molecule has 31 heavy (non-hydrogen) atoms. The zero-order valence-corrected chi connectivity index (χ0v) is 18.1. The van der Waals surface area contributed by atoms with Crippen molar-refractivity contribution in [3.63, 3.8) is 0 Å². The maximum atomic E-state index is 13.0. The Morgan fingerprint density at radius 1 is 1.03 bits per heavy atom. The fraction of sp³-hybridized carbons (Fsp3) is 0.292. The molecule has 4 rings (SSSR count). The van der Waals surface area contributed by atoms with Crippen LogP contribution in [0.25, 0.3) is 10.9 Å². The van der Waals surface area contributed by atoms with Gasteiger partial charge in [-0.3, -0.25) is 14.7 Å². The molecule has 1 atom stereocenters. The summed E-state index contributed by atoms with van der Waals surface area (Å²) in [5.41, 5.74) is 2.51. The molecule has 0 saturated carbocycles. The molecule has 1 fully saturated rings. The van der Waals surface area contributed by atoms with E-state index in [-0.39, 0.29) is 11.9 Å². The maximum Gasteiger partial charge on any atom is 0.327 e. The van der Waals surface area contributed by atoms with E-state index in [2.05, 4.69) is 4.98 Å². The molecule has 1 aliphatic rings. The average molecular weight is 438 g/mol. The van der Waals surface area contributed by atoms with Crippen molar-refractivity contribution in [2.45, 2.75) is 12.5 Å². The van der Waals surface area contributed by atoms with E-state index in [0.29, 0.717) is 37.6 Å². The van der Waals surface area contributed by atoms with Gasteiger partial charge in [0.15, 0.2) is 0 Å². The minimum atomic E-state index is -0.585. The summed E-state index contributed by atoms with van der Waals surface area (Å²) in [4.78, 5) is 33.8. The van der Waals surface area contributed by atoms with E-state index in [0.717, 1.165) is 22.0 Å². The van der Waals surface area contributed by atoms with Crippen LogP contribution in [0.5, 0.6) is 0 Å². The lowest BCUT2D eigenvalue weighted by molar-refractivity contribution is -0.148. The van der Waals surface area contributed by atoms with Gasteiger partial charge in [-0.15, -0.1) is 0 Å². The Balaban J connectivity index is 1.45. The number of carbonyl (C=O) groups is 2. The number of piperazine rings is 1. The monoisotopic (exact) mass is 437 g/mol. The summed E-state index contributed by atoms with van der Waals surface area (Å²) < 4.78 is 5.04. The third kappa shape index (κ3) is 4.55. The smallest absolute Gasteiger partial charge is 0.327 e. The first-order valence-corrected chi connectivity index (χ1v) is 10.6. The standard InChI is InChI=1S/C24H24ClN3O3/c1-31-24(30)23(19-9-2-3-10-20(19)25)28-14-12-27(13-15-28)21(29)16-18-7-4-6-17-8-5-11-26-22(17)18/h2-11,23H,12-16H2,1H3. The molecule has 0 spiro atoms. The predicted molar refractivity (Wildman–Crippen MR) is 120 cm³/mol. The normalized spacial score (nSPS) is 15.6. The molecule has 1 saturated heterocycles. The molecule has 1 aliphatic heterocycles. The van der Waals surface area contributed by atoms with E-state index >= 15 is 0 Å². The lowest BCUT2D eigenvalue weighted by atomic mass is 10.0. The largest absolute Gasteiger partial charge is 0.468 e. The number of para-hydroxylation sites is 1. The van der Waals surface area contributed by atoms with Crippen LogP contribution in [0.2, 0.25) is 5.02 Å². The number of methoxy groups -OCH3 is 1. The number of aromatic nitrogens is 1. The van der Waals surface area contributed by atoms with Gasteiger partial charge in [0.25, 0.3) is 0 Å². The number of esters is 1. The van der Waals surface area contributed by atoms with Gasteiger partial charge in [-0.2, -0.15) is 0 Å². The highest BCUT2D eigenvalue weighted by Crippen LogP contribution is 2.29. The van der Waals surface area contributed by atoms with Crippen LogP contribution in [0.4, 0.5) is 0 Å². The van der Waals surface area contributed by atoms with Gasteiger partial charge in [-0.25, -0.2) is 4.79 Å². The number of nitrogens with zero attached hydrogens (tertiary/aromatic N) is 3. The molecular formula is C24H24ClN3O3. The van der Waals surface area contributed by atoms with Crippen LogP contribution in [0.15, 0.2) is 60.8 Å². The van der Waals surface area contributed by atoms with Gasteiger partial charge in [-0.1, -0.05) is 54.1 Å². The van der Waals surface area contributed by atoms with Crippen LogP contribution in [0.3, 0.4) is 0 Å². The number of rotatable bonds is 5. The van der Waals surface area contributed by atoms with Crippen LogP contribution in [0.1, 0.15) is 17.2 Å². The quantitative estimate of drug-likeness (QED) is 0.572. The number of carbonyl (C=O) groups excluding carboxylic acids is 2. The zero-order valence-electron chi connectivity index (χ0n) is 17.3. The molecule has 0 bridgehead atoms. The molecule has 1 amide bonds. The summed E-state index contributed by atoms with van der Waals surface area (Å²) in [6.45, 7) is 2.19. The molecule has 1 aromatic heterocycles. The molecule has 2 heterocycles. The van der Waals surface area contributed by atoms with Crippen LogP contribution >= 0.6 is 11.6 Å². The Labute approximate surface area is 186 Å². The van der Waals surface area contributed by atoms with Gasteiger partial charge in [0.05, 0.1) is 19.0 Å². The van der Waals surface area contributed by atoms with E-state index in [1.165, 1.54) is 7.11 Å². The summed E-state index contributed by atoms with van der Waals surface area (Å²) in [5.74, 6) is -0.292. The predicted octanol–water partition coefficient (Wildman–Crippen LogP) is 3.49. The van der Waals surface area contributed by atoms with E-state index in [1.807, 2.05) is 58.3 Å². The molecule has 1 unspecified atom stereocenters. The highest BCUT2D eigenvalue weighted by molar-refractivity contribution is 6.31. The molecule has 6 nitrogen and oxygen atoms in total. The van der Waals surface area contributed by atoms with Crippen molar-refractivity contribution in [1.82, 2.24) is 14.8 Å². The minimum absolute atomic E-state index is 0.0603. The first-order chi connectivity index (χ1) is 15.1. The summed E-state index contributed by atoms with van der Waals surface area (Å²) in [7, 11) is 1.38. The molecular weight excluding hydrogens is 414 g/mol. The van der Waals surface area contributed by atoms with Crippen molar-refractivity contribution in [2.24, 2.45) is 0 Å². The fourth-order valence-electron chi connectivity index (χ4n) is 4.10. The van der Waals surface area contributed by atoms with Crippen molar-refractivity contribution in [1.29, 1.82) is 0 Å². The van der Waals surface area contributed by atoms with Gasteiger partial charge < -0.3 is 9.64 Å². The number of hydrogen-bond donors (Lipinski definition) is 0. The van der Waals surface area contributed by atoms with Crippen molar-refractivity contribution < 1.29 is 14.3 Å². The van der Waals surface area contributed by atoms with Crippen molar-refractivity contribution in [3.05, 3.63) is 76.9 Å². The Hall–Kier alpha value is -2.96. The number of benzene rings is 2. The average Bonchev–Trinajstić information content (AvgIpc) is 2.81. The SMILES string of the molecule is COC(=O)C(c1ccccc1Cl)N1CCN(C(=O)Cc2cccc3cccnc23)CC1. The van der Waals surface area contributed by atoms with Gasteiger partial charge >= 0.3 is 5.97 Å². The second-order valence-electron chi connectivity index (χ2n) is 7.53. The molecule has 0 aliphatic carbocycles. The van der Waals surface area contributed by atoms with Crippen LogP contribution in [0, 0.1) is 0 Å². The van der Waals surface area contributed by atoms with E-state index in [4.69, 9.17) is 16.3 Å². The number of pyridine rings is 1. The van der Waals surface area contributed by atoms with Gasteiger partial charge in [0.1, 0.15) is 6.04 Å². The second kappa shape index (κ2) is 9.45. The van der Waals surface area contributed by atoms with E-state index < -0.39 is 6.04 Å². The lowest BCUT2D eigenvalue weighted by Gasteiger charge is -2.38. The van der Waals surface area contributed by atoms with Crippen LogP contribution in [-0.4, -0.2) is 59.9 Å². The molecule has 3 aromatic rings. The van der Waals surface area contributed by atoms with Crippen LogP contribution < -0.4 is 0 Å². The Morgan fingerprint density at radius 3 is 2.52 bits per heavy atom. The molecule has 7 heteroatoms. The molecule has 0 radical (unpaired) electrons. The van der Waals surface area contributed by atoms with Gasteiger partial charge in [0, 0.05) is 42.8 Å². The summed E-state index contributed by atoms with van der Waals surface area (Å²) in [6.07, 6.45) is 2.05. The van der Waals surface area contributed by atoms with Gasteiger partial charge in [0.2, 0.25) is 5.91 Å². The van der Waals surface area contributed by atoms with Crippen molar-refractivity contribution in [2.75, 3.05) is 33.3 Å². The lowest BCUT2D eigenvalue weighted by Crippen LogP contribution is -2.51. The number of hydrogen-bond acceptors (Lipinski definition) is 5. The Morgan fingerprint density at radius 2 is 1.77 bits per heavy atom. The molecule has 160 valence electrons. The van der Waals surface area contributed by atoms with E-state index in [9.17, 15) is 9.59 Å². The fourth-order valence-corrected chi connectivity index (χ4v) is 4.33. The van der Waals surface area contributed by atoms with Crippen LogP contribution in [-0.2, 0) is 20.7 Å². The number of ether oxygens (including phenoxy) is 1. The minimum Gasteiger partial charge on any atom is -0.468 e. The first-order valence-electron chi connectivity index (χ1n) is 10.2. The van der Waals surface area contributed by atoms with Gasteiger partial charge in [-0.05, 0) is 23.3 Å². The van der Waals surface area contributed by atoms with E-state index in [1.54, 1.807) is 12.3 Å². The Bertz CT molecular complexity index is 1090. The topological polar surface area (TPSA) is 62.7 Å². The number of amides is 1. The third-order valence-electron chi connectivity index (χ3n) is 5.71. The highest BCUT2D eigenvalue weighted by atomic mass is 35.5. The van der Waals surface area contributed by atoms with Crippen molar-refractivity contribution in [3.8, 4) is 0 Å². The second-order valence-corrected chi connectivity index (χ2v) is 7.94. The Kier molecular flexibility index (Phi) is 6.49. The zero-order chi connectivity index (χ0) is 21.8. The molecule has 0 N–H and O–H groups in total. The number of fused-ring (bicyclic) bond motifs is 1. The summed E-state index contributed by atoms with van der Waals surface area (Å²) in [5, 5.41) is 1.55. The molecule has 2 aromatic carbocycles. The summed E-state index contributed by atoms with van der Waals surface area (Å²) in [6, 6.07) is 16.5. The first kappa shape index (κ1) is 21.3. The van der Waals surface area contributed by atoms with Crippen molar-refractivity contribution >= 4 is 34.4 Å². The third-order valence-corrected chi connectivity index (χ3v) is 6.06. The maximum absolute atomic E-state index is 13.0. The highest BCUT2D eigenvalue weighted by Gasteiger charge is 2.33.